The lowest BCUT2D eigenvalue weighted by atomic mass is 10.0. The molecule has 1 fully saturated rings. The van der Waals surface area contributed by atoms with Crippen molar-refractivity contribution in [2.24, 2.45) is 5.73 Å². The molecule has 1 aromatic carbocycles. The second-order valence-electron chi connectivity index (χ2n) is 9.34. The van der Waals surface area contributed by atoms with Gasteiger partial charge in [0.2, 0.25) is 5.91 Å². The lowest BCUT2D eigenvalue weighted by molar-refractivity contribution is 0.1000. The Morgan fingerprint density at radius 2 is 1.70 bits per heavy atom. The van der Waals surface area contributed by atoms with Gasteiger partial charge in [0.1, 0.15) is 11.5 Å². The molecule has 1 aliphatic heterocycles. The maximum atomic E-state index is 11.5. The van der Waals surface area contributed by atoms with E-state index in [-0.39, 0.29) is 5.91 Å². The number of methoxy groups -OCH3 is 2. The van der Waals surface area contributed by atoms with Crippen molar-refractivity contribution in [2.75, 3.05) is 33.9 Å². The highest BCUT2D eigenvalue weighted by Gasteiger charge is 2.22. The van der Waals surface area contributed by atoms with Gasteiger partial charge in [0.25, 0.3) is 0 Å². The molecule has 40 heavy (non-hydrogen) atoms. The third-order valence-electron chi connectivity index (χ3n) is 7.06. The first-order valence-electron chi connectivity index (χ1n) is 12.8. The average Bonchev–Trinajstić information content (AvgIpc) is 3.40. The number of aldehydes is 1. The number of primary amides is 1. The highest BCUT2D eigenvalue weighted by Crippen LogP contribution is 2.30. The third-order valence-corrected chi connectivity index (χ3v) is 7.69. The normalized spacial score (nSPS) is 13.9. The largest absolute Gasteiger partial charge is 0.495 e. The molecule has 4 aromatic rings. The topological polar surface area (TPSA) is 113 Å². The van der Waals surface area contributed by atoms with Crippen LogP contribution in [0.4, 0.5) is 0 Å². The summed E-state index contributed by atoms with van der Waals surface area (Å²) in [6, 6.07) is 8.18. The Hall–Kier alpha value is -3.66. The van der Waals surface area contributed by atoms with E-state index in [1.165, 1.54) is 19.5 Å². The van der Waals surface area contributed by atoms with Gasteiger partial charge in [-0.15, -0.1) is 0 Å². The van der Waals surface area contributed by atoms with Gasteiger partial charge in [-0.05, 0) is 42.8 Å². The molecule has 11 heteroatoms. The van der Waals surface area contributed by atoms with Crippen molar-refractivity contribution in [3.8, 4) is 11.5 Å². The van der Waals surface area contributed by atoms with E-state index in [1.54, 1.807) is 25.6 Å². The number of rotatable bonds is 8. The van der Waals surface area contributed by atoms with Crippen LogP contribution in [0.15, 0.2) is 55.2 Å². The average molecular weight is 585 g/mol. The molecule has 0 radical (unpaired) electrons. The Kier molecular flexibility index (Phi) is 9.98. The van der Waals surface area contributed by atoms with Gasteiger partial charge in [0.05, 0.1) is 42.2 Å². The number of fused-ring (bicyclic) bond motifs is 1. The highest BCUT2D eigenvalue weighted by atomic mass is 35.5. The first kappa shape index (κ1) is 29.3. The molecule has 1 aliphatic rings. The molecule has 5 rings (SSSR count). The van der Waals surface area contributed by atoms with E-state index in [0.29, 0.717) is 39.2 Å². The van der Waals surface area contributed by atoms with Crippen LogP contribution < -0.4 is 15.2 Å². The lowest BCUT2D eigenvalue weighted by Gasteiger charge is -2.33. The van der Waals surface area contributed by atoms with Crippen LogP contribution in [0.2, 0.25) is 10.0 Å². The third kappa shape index (κ3) is 6.72. The number of amides is 1. The minimum atomic E-state index is -0.389. The molecular formula is C29H31Cl2N5O4. The molecule has 1 amide bonds. The van der Waals surface area contributed by atoms with E-state index in [1.807, 2.05) is 12.1 Å². The van der Waals surface area contributed by atoms with Crippen molar-refractivity contribution in [3.05, 3.63) is 82.0 Å². The minimum Gasteiger partial charge on any atom is -0.495 e. The van der Waals surface area contributed by atoms with Gasteiger partial charge in [-0.2, -0.15) is 0 Å². The minimum absolute atomic E-state index is 0.305. The number of carbonyl (C=O) groups excluding carboxylic acids is 2. The fourth-order valence-corrected chi connectivity index (χ4v) is 5.32. The van der Waals surface area contributed by atoms with Gasteiger partial charge in [0, 0.05) is 60.9 Å². The number of nitrogens with two attached hydrogens (primary N) is 1. The zero-order valence-corrected chi connectivity index (χ0v) is 23.9. The standard InChI is InChI=1S/C22H25ClN4O2.C7H6ClNO2/c1-29-21-14-25-13-19(23)18(21)7-10-26-8-5-17(6-9-26)27-11-4-15-2-3-16(22(24)28)12-20(15)27;1-11-7-3-9-2-6(8)5(7)4-10/h2-4,11-14,17H,5-10H2,1H3,(H2,24,28);2-4H,1H3. The van der Waals surface area contributed by atoms with E-state index in [9.17, 15) is 9.59 Å². The number of pyridine rings is 2. The summed E-state index contributed by atoms with van der Waals surface area (Å²) in [6.45, 7) is 2.97. The van der Waals surface area contributed by atoms with Crippen LogP contribution in [0, 0.1) is 0 Å². The second kappa shape index (κ2) is 13.6. The number of hydrogen-bond donors (Lipinski definition) is 1. The number of carbonyl (C=O) groups is 2. The smallest absolute Gasteiger partial charge is 0.248 e. The van der Waals surface area contributed by atoms with E-state index < -0.39 is 0 Å². The fourth-order valence-electron chi connectivity index (χ4n) is 4.88. The summed E-state index contributed by atoms with van der Waals surface area (Å²) in [5.41, 5.74) is 8.44. The van der Waals surface area contributed by atoms with Crippen LogP contribution >= 0.6 is 23.2 Å². The van der Waals surface area contributed by atoms with Gasteiger partial charge >= 0.3 is 0 Å². The van der Waals surface area contributed by atoms with Gasteiger partial charge < -0.3 is 24.7 Å². The Labute approximate surface area is 242 Å². The van der Waals surface area contributed by atoms with Crippen LogP contribution in [-0.2, 0) is 6.42 Å². The van der Waals surface area contributed by atoms with Gasteiger partial charge in [-0.1, -0.05) is 29.3 Å². The van der Waals surface area contributed by atoms with E-state index in [2.05, 4.69) is 31.7 Å². The summed E-state index contributed by atoms with van der Waals surface area (Å²) in [7, 11) is 3.10. The van der Waals surface area contributed by atoms with Gasteiger partial charge in [-0.25, -0.2) is 0 Å². The maximum Gasteiger partial charge on any atom is 0.248 e. The summed E-state index contributed by atoms with van der Waals surface area (Å²) in [4.78, 5) is 32.3. The molecule has 210 valence electrons. The number of hydrogen-bond acceptors (Lipinski definition) is 7. The first-order chi connectivity index (χ1) is 19.4. The molecule has 1 saturated heterocycles. The summed E-state index contributed by atoms with van der Waals surface area (Å²) in [5.74, 6) is 0.753. The predicted octanol–water partition coefficient (Wildman–Crippen LogP) is 5.23. The maximum absolute atomic E-state index is 11.5. The number of aromatic nitrogens is 3. The first-order valence-corrected chi connectivity index (χ1v) is 13.5. The van der Waals surface area contributed by atoms with E-state index >= 15 is 0 Å². The Bertz CT molecular complexity index is 1480. The molecule has 0 atom stereocenters. The van der Waals surface area contributed by atoms with Crippen molar-refractivity contribution in [1.82, 2.24) is 19.4 Å². The van der Waals surface area contributed by atoms with Crippen LogP contribution in [-0.4, -0.2) is 65.5 Å². The molecule has 0 aliphatic carbocycles. The molecule has 0 bridgehead atoms. The predicted molar refractivity (Wildman–Crippen MR) is 156 cm³/mol. The molecular weight excluding hydrogens is 553 g/mol. The van der Waals surface area contributed by atoms with Crippen molar-refractivity contribution in [1.29, 1.82) is 0 Å². The Morgan fingerprint density at radius 1 is 1.02 bits per heavy atom. The summed E-state index contributed by atoms with van der Waals surface area (Å²) < 4.78 is 12.5. The van der Waals surface area contributed by atoms with Crippen LogP contribution in [0.25, 0.3) is 10.9 Å². The monoisotopic (exact) mass is 583 g/mol. The second-order valence-corrected chi connectivity index (χ2v) is 10.2. The van der Waals surface area contributed by atoms with Gasteiger partial charge in [0.15, 0.2) is 6.29 Å². The number of halogens is 2. The number of benzene rings is 1. The molecule has 3 aromatic heterocycles. The van der Waals surface area contributed by atoms with Crippen molar-refractivity contribution < 1.29 is 19.1 Å². The van der Waals surface area contributed by atoms with Crippen LogP contribution in [0.5, 0.6) is 11.5 Å². The molecule has 0 saturated carbocycles. The number of ether oxygens (including phenoxy) is 2. The number of nitrogens with zero attached hydrogens (tertiary/aromatic N) is 4. The molecule has 9 nitrogen and oxygen atoms in total. The van der Waals surface area contributed by atoms with E-state index in [0.717, 1.165) is 61.1 Å². The number of likely N-dealkylation sites (tertiary alicyclic amines) is 1. The summed E-state index contributed by atoms with van der Waals surface area (Å²) in [5, 5.41) is 2.10. The highest BCUT2D eigenvalue weighted by molar-refractivity contribution is 6.33. The number of piperidine rings is 1. The zero-order valence-electron chi connectivity index (χ0n) is 22.3. The lowest BCUT2D eigenvalue weighted by Crippen LogP contribution is -2.35. The Balaban J connectivity index is 0.000000283. The summed E-state index contributed by atoms with van der Waals surface area (Å²) >= 11 is 11.9. The van der Waals surface area contributed by atoms with Crippen molar-refractivity contribution >= 4 is 46.3 Å². The molecule has 4 heterocycles. The molecule has 0 unspecified atom stereocenters. The van der Waals surface area contributed by atoms with Crippen LogP contribution in [0.1, 0.15) is 45.2 Å². The summed E-state index contributed by atoms with van der Waals surface area (Å²) in [6.07, 6.45) is 11.9. The quantitative estimate of drug-likeness (QED) is 0.282. The Morgan fingerprint density at radius 3 is 2.33 bits per heavy atom. The molecule has 0 spiro atoms. The van der Waals surface area contributed by atoms with E-state index in [4.69, 9.17) is 38.4 Å². The van der Waals surface area contributed by atoms with Crippen molar-refractivity contribution in [2.45, 2.75) is 25.3 Å². The SMILES string of the molecule is COc1cncc(Cl)c1C=O.COc1cncc(Cl)c1CCN1CCC(n2ccc3ccc(C(N)=O)cc32)CC1. The fraction of sp³-hybridized carbons (Fsp3) is 0.310. The van der Waals surface area contributed by atoms with Gasteiger partial charge in [-0.3, -0.25) is 19.6 Å². The molecule has 2 N–H and O–H groups in total. The zero-order chi connectivity index (χ0) is 28.6. The van der Waals surface area contributed by atoms with Crippen LogP contribution in [0.3, 0.4) is 0 Å². The van der Waals surface area contributed by atoms with Crippen molar-refractivity contribution in [3.63, 3.8) is 0 Å².